The van der Waals surface area contributed by atoms with Crippen molar-refractivity contribution in [2.24, 2.45) is 0 Å². The van der Waals surface area contributed by atoms with Gasteiger partial charge in [-0.05, 0) is 30.7 Å². The standard InChI is InChI=1S/C25H27N5O2S/c1-3-5-11-17-29-23(32)20-14-9-10-15-21(20)30-24(29)26-27-25(30)33-18-22(31)28(16-4-2)19-12-7-6-8-13-19/h4,6-10,12-15H,2-3,5,11,16-18H2,1H3. The van der Waals surface area contributed by atoms with Crippen LogP contribution in [0.25, 0.3) is 16.7 Å². The zero-order chi connectivity index (χ0) is 23.2. The van der Waals surface area contributed by atoms with E-state index in [-0.39, 0.29) is 17.2 Å². The minimum atomic E-state index is -0.0598. The smallest absolute Gasteiger partial charge is 0.262 e. The molecule has 33 heavy (non-hydrogen) atoms. The number of benzene rings is 2. The Hall–Kier alpha value is -3.39. The van der Waals surface area contributed by atoms with E-state index in [0.29, 0.717) is 29.4 Å². The van der Waals surface area contributed by atoms with Crippen molar-refractivity contribution >= 4 is 40.0 Å². The van der Waals surface area contributed by atoms with Crippen molar-refractivity contribution in [2.45, 2.75) is 37.9 Å². The van der Waals surface area contributed by atoms with Crippen LogP contribution in [0.1, 0.15) is 26.2 Å². The van der Waals surface area contributed by atoms with Crippen LogP contribution in [-0.2, 0) is 11.3 Å². The van der Waals surface area contributed by atoms with Gasteiger partial charge in [-0.3, -0.25) is 18.6 Å². The Morgan fingerprint density at radius 1 is 1.09 bits per heavy atom. The topological polar surface area (TPSA) is 72.5 Å². The first kappa shape index (κ1) is 22.8. The molecule has 0 spiro atoms. The Balaban J connectivity index is 1.68. The summed E-state index contributed by atoms with van der Waals surface area (Å²) in [5.41, 5.74) is 1.51. The second-order valence-electron chi connectivity index (χ2n) is 7.72. The molecular weight excluding hydrogens is 434 g/mol. The molecule has 2 heterocycles. The molecule has 0 radical (unpaired) electrons. The summed E-state index contributed by atoms with van der Waals surface area (Å²) in [5.74, 6) is 0.645. The number of para-hydroxylation sites is 2. The molecule has 0 aliphatic heterocycles. The van der Waals surface area contributed by atoms with Crippen molar-refractivity contribution < 1.29 is 4.79 Å². The third kappa shape index (κ3) is 4.71. The molecule has 0 saturated carbocycles. The van der Waals surface area contributed by atoms with Gasteiger partial charge in [0.1, 0.15) is 0 Å². The van der Waals surface area contributed by atoms with Gasteiger partial charge in [0.2, 0.25) is 11.7 Å². The average molecular weight is 462 g/mol. The molecule has 0 N–H and O–H groups in total. The van der Waals surface area contributed by atoms with Crippen LogP contribution in [0.15, 0.2) is 77.2 Å². The summed E-state index contributed by atoms with van der Waals surface area (Å²) in [5, 5.41) is 9.90. The number of amides is 1. The Bertz CT molecular complexity index is 1330. The lowest BCUT2D eigenvalue weighted by Gasteiger charge is -2.21. The highest BCUT2D eigenvalue weighted by molar-refractivity contribution is 7.99. The van der Waals surface area contributed by atoms with Crippen LogP contribution in [0.5, 0.6) is 0 Å². The molecule has 0 unspecified atom stereocenters. The van der Waals surface area contributed by atoms with Crippen LogP contribution in [0, 0.1) is 0 Å². The highest BCUT2D eigenvalue weighted by Crippen LogP contribution is 2.23. The van der Waals surface area contributed by atoms with Crippen LogP contribution >= 0.6 is 11.8 Å². The zero-order valence-corrected chi connectivity index (χ0v) is 19.5. The molecule has 2 aromatic carbocycles. The number of anilines is 1. The van der Waals surface area contributed by atoms with Gasteiger partial charge in [-0.2, -0.15) is 0 Å². The fourth-order valence-corrected chi connectivity index (χ4v) is 4.66. The molecule has 0 aliphatic carbocycles. The van der Waals surface area contributed by atoms with Crippen molar-refractivity contribution in [2.75, 3.05) is 17.2 Å². The predicted molar refractivity (Wildman–Crippen MR) is 134 cm³/mol. The monoisotopic (exact) mass is 461 g/mol. The number of nitrogens with zero attached hydrogens (tertiary/aromatic N) is 5. The number of hydrogen-bond acceptors (Lipinski definition) is 5. The molecule has 0 bridgehead atoms. The van der Waals surface area contributed by atoms with Crippen molar-refractivity contribution in [3.63, 3.8) is 0 Å². The summed E-state index contributed by atoms with van der Waals surface area (Å²) in [7, 11) is 0. The second-order valence-corrected chi connectivity index (χ2v) is 8.66. The summed E-state index contributed by atoms with van der Waals surface area (Å²) in [4.78, 5) is 27.9. The molecule has 2 aromatic heterocycles. The van der Waals surface area contributed by atoms with E-state index in [0.717, 1.165) is 30.5 Å². The van der Waals surface area contributed by atoms with Crippen molar-refractivity contribution in [3.8, 4) is 0 Å². The zero-order valence-electron chi connectivity index (χ0n) is 18.7. The fourth-order valence-electron chi connectivity index (χ4n) is 3.84. The van der Waals surface area contributed by atoms with Gasteiger partial charge in [0.25, 0.3) is 5.56 Å². The third-order valence-corrected chi connectivity index (χ3v) is 6.38. The summed E-state index contributed by atoms with van der Waals surface area (Å²) in [6, 6.07) is 17.0. The van der Waals surface area contributed by atoms with E-state index >= 15 is 0 Å². The Morgan fingerprint density at radius 3 is 2.61 bits per heavy atom. The van der Waals surface area contributed by atoms with E-state index < -0.39 is 0 Å². The van der Waals surface area contributed by atoms with Gasteiger partial charge >= 0.3 is 0 Å². The first-order valence-electron chi connectivity index (χ1n) is 11.1. The maximum atomic E-state index is 13.1. The van der Waals surface area contributed by atoms with Gasteiger partial charge in [0.05, 0.1) is 16.7 Å². The number of rotatable bonds is 10. The Labute approximate surface area is 196 Å². The summed E-state index contributed by atoms with van der Waals surface area (Å²) in [6.07, 6.45) is 4.71. The largest absolute Gasteiger partial charge is 0.308 e. The lowest BCUT2D eigenvalue weighted by Crippen LogP contribution is -2.32. The number of hydrogen-bond donors (Lipinski definition) is 0. The molecule has 0 fully saturated rings. The molecule has 1 amide bonds. The Morgan fingerprint density at radius 2 is 1.85 bits per heavy atom. The molecular formula is C25H27N5O2S. The molecule has 4 rings (SSSR count). The number of aryl methyl sites for hydroxylation is 1. The van der Waals surface area contributed by atoms with Crippen LogP contribution < -0.4 is 10.5 Å². The molecule has 0 atom stereocenters. The van der Waals surface area contributed by atoms with Gasteiger partial charge in [0, 0.05) is 18.8 Å². The number of carbonyl (C=O) groups excluding carboxylic acids is 1. The Kier molecular flexibility index (Phi) is 7.24. The van der Waals surface area contributed by atoms with Crippen LogP contribution in [0.3, 0.4) is 0 Å². The summed E-state index contributed by atoms with van der Waals surface area (Å²) in [6.45, 7) is 6.92. The maximum absolute atomic E-state index is 13.1. The minimum Gasteiger partial charge on any atom is -0.308 e. The highest BCUT2D eigenvalue weighted by Gasteiger charge is 2.19. The van der Waals surface area contributed by atoms with Crippen molar-refractivity contribution in [3.05, 3.63) is 77.6 Å². The van der Waals surface area contributed by atoms with Crippen molar-refractivity contribution in [1.82, 2.24) is 19.2 Å². The van der Waals surface area contributed by atoms with Crippen molar-refractivity contribution in [1.29, 1.82) is 0 Å². The molecule has 0 aliphatic rings. The average Bonchev–Trinajstić information content (AvgIpc) is 3.27. The van der Waals surface area contributed by atoms with Gasteiger partial charge in [-0.1, -0.05) is 67.9 Å². The summed E-state index contributed by atoms with van der Waals surface area (Å²) < 4.78 is 3.59. The van der Waals surface area contributed by atoms with Crippen LogP contribution in [0.4, 0.5) is 5.69 Å². The number of thioether (sulfide) groups is 1. The molecule has 170 valence electrons. The normalized spacial score (nSPS) is 11.2. The third-order valence-electron chi connectivity index (χ3n) is 5.47. The first-order chi connectivity index (χ1) is 16.2. The van der Waals surface area contributed by atoms with Gasteiger partial charge < -0.3 is 4.90 Å². The highest BCUT2D eigenvalue weighted by atomic mass is 32.2. The van der Waals surface area contributed by atoms with E-state index in [4.69, 9.17) is 0 Å². The van der Waals surface area contributed by atoms with Crippen LogP contribution in [-0.4, -0.2) is 37.4 Å². The number of carbonyl (C=O) groups is 1. The number of aromatic nitrogens is 4. The fraction of sp³-hybridized carbons (Fsp3) is 0.280. The van der Waals surface area contributed by atoms with Crippen LogP contribution in [0.2, 0.25) is 0 Å². The van der Waals surface area contributed by atoms with E-state index in [9.17, 15) is 9.59 Å². The number of fused-ring (bicyclic) bond motifs is 3. The number of unbranched alkanes of at least 4 members (excludes halogenated alkanes) is 2. The maximum Gasteiger partial charge on any atom is 0.262 e. The minimum absolute atomic E-state index is 0.0524. The van der Waals surface area contributed by atoms with Gasteiger partial charge in [0.15, 0.2) is 5.16 Å². The lowest BCUT2D eigenvalue weighted by molar-refractivity contribution is -0.116. The van der Waals surface area contributed by atoms with Gasteiger partial charge in [-0.15, -0.1) is 16.8 Å². The van der Waals surface area contributed by atoms with E-state index in [1.54, 1.807) is 15.5 Å². The lowest BCUT2D eigenvalue weighted by atomic mass is 10.2. The quantitative estimate of drug-likeness (QED) is 0.197. The van der Waals surface area contributed by atoms with Gasteiger partial charge in [-0.25, -0.2) is 0 Å². The van der Waals surface area contributed by atoms with E-state index in [2.05, 4.69) is 23.7 Å². The second kappa shape index (κ2) is 10.5. The van der Waals surface area contributed by atoms with E-state index in [1.807, 2.05) is 59.0 Å². The predicted octanol–water partition coefficient (Wildman–Crippen LogP) is 4.55. The first-order valence-corrected chi connectivity index (χ1v) is 12.1. The molecule has 4 aromatic rings. The SMILES string of the molecule is C=CCN(C(=O)CSc1nnc2n(CCCCC)c(=O)c3ccccc3n12)c1ccccc1. The molecule has 0 saturated heterocycles. The van der Waals surface area contributed by atoms with E-state index in [1.165, 1.54) is 11.8 Å². The molecule has 7 nitrogen and oxygen atoms in total. The molecule has 8 heteroatoms. The summed E-state index contributed by atoms with van der Waals surface area (Å²) >= 11 is 1.32.